The average molecular weight is 144 g/mol. The largest absolute Gasteiger partial charge is 0.452 e. The van der Waals surface area contributed by atoms with Crippen molar-refractivity contribution in [3.05, 3.63) is 0 Å². The minimum Gasteiger partial charge on any atom is -0.452 e. The molecule has 4 nitrogen and oxygen atoms in total. The van der Waals surface area contributed by atoms with Gasteiger partial charge in [-0.25, -0.2) is 0 Å². The Morgan fingerprint density at radius 2 is 2.50 bits per heavy atom. The number of carbonyl (C=O) groups excluding carboxylic acids is 2. The lowest BCUT2D eigenvalue weighted by atomic mass is 10.3. The van der Waals surface area contributed by atoms with Crippen LogP contribution in [0.3, 0.4) is 0 Å². The van der Waals surface area contributed by atoms with Gasteiger partial charge in [-0.3, -0.25) is 9.59 Å². The summed E-state index contributed by atoms with van der Waals surface area (Å²) < 4.78 is 9.35. The minimum atomic E-state index is -0.655. The molecule has 0 bridgehead atoms. The van der Waals surface area contributed by atoms with Crippen molar-refractivity contribution in [1.82, 2.24) is 0 Å². The van der Waals surface area contributed by atoms with Crippen molar-refractivity contribution in [1.29, 1.82) is 0 Å². The molecule has 56 valence electrons. The highest BCUT2D eigenvalue weighted by atomic mass is 16.6. The van der Waals surface area contributed by atoms with E-state index in [1.165, 1.54) is 6.92 Å². The first-order valence-corrected chi connectivity index (χ1v) is 2.98. The van der Waals surface area contributed by atoms with Crippen LogP contribution in [0.15, 0.2) is 0 Å². The topological polar surface area (TPSA) is 52.6 Å². The molecule has 10 heavy (non-hydrogen) atoms. The predicted octanol–water partition coefficient (Wildman–Crippen LogP) is -0.483. The van der Waals surface area contributed by atoms with Crippen LogP contribution >= 0.6 is 0 Å². The van der Waals surface area contributed by atoms with E-state index < -0.39 is 12.1 Å². The molecule has 1 aliphatic rings. The van der Waals surface area contributed by atoms with E-state index in [0.717, 1.165) is 0 Å². The molecule has 1 heterocycles. The molecule has 0 aromatic heterocycles. The predicted molar refractivity (Wildman–Crippen MR) is 31.4 cm³/mol. The average Bonchev–Trinajstić information content (AvgIpc) is 2.15. The zero-order valence-corrected chi connectivity index (χ0v) is 5.62. The Balaban J connectivity index is 2.40. The maximum atomic E-state index is 10.7. The number of carbonyl (C=O) groups is 2. The van der Waals surface area contributed by atoms with Crippen molar-refractivity contribution in [2.24, 2.45) is 0 Å². The normalized spacial score (nSPS) is 24.9. The summed E-state index contributed by atoms with van der Waals surface area (Å²) in [5, 5.41) is 0. The third kappa shape index (κ3) is 1.54. The van der Waals surface area contributed by atoms with Crippen LogP contribution in [-0.4, -0.2) is 31.1 Å². The number of hydrogen-bond donors (Lipinski definition) is 0. The highest BCUT2D eigenvalue weighted by molar-refractivity contribution is 5.87. The number of hydrogen-bond acceptors (Lipinski definition) is 4. The van der Waals surface area contributed by atoms with Crippen molar-refractivity contribution in [3.8, 4) is 0 Å². The van der Waals surface area contributed by atoms with Gasteiger partial charge in [-0.1, -0.05) is 0 Å². The van der Waals surface area contributed by atoms with Crippen LogP contribution in [-0.2, 0) is 19.1 Å². The smallest absolute Gasteiger partial charge is 0.303 e. The lowest BCUT2D eigenvalue weighted by Gasteiger charge is -2.04. The van der Waals surface area contributed by atoms with E-state index in [1.54, 1.807) is 0 Å². The van der Waals surface area contributed by atoms with Crippen LogP contribution in [0.25, 0.3) is 0 Å². The summed E-state index contributed by atoms with van der Waals surface area (Å²) in [7, 11) is 0. The van der Waals surface area contributed by atoms with Gasteiger partial charge in [0.2, 0.25) is 5.78 Å². The molecule has 0 spiro atoms. The first kappa shape index (κ1) is 7.21. The summed E-state index contributed by atoms with van der Waals surface area (Å²) in [5.41, 5.74) is 0. The van der Waals surface area contributed by atoms with Gasteiger partial charge >= 0.3 is 5.97 Å². The van der Waals surface area contributed by atoms with Gasteiger partial charge in [0.1, 0.15) is 6.61 Å². The second-order valence-electron chi connectivity index (χ2n) is 2.08. The van der Waals surface area contributed by atoms with Gasteiger partial charge in [0, 0.05) is 6.92 Å². The van der Waals surface area contributed by atoms with Crippen molar-refractivity contribution in [2.45, 2.75) is 13.0 Å². The number of esters is 1. The molecule has 0 aromatic carbocycles. The van der Waals surface area contributed by atoms with Gasteiger partial charge in [0.15, 0.2) is 6.10 Å². The first-order valence-electron chi connectivity index (χ1n) is 2.98. The zero-order valence-electron chi connectivity index (χ0n) is 5.62. The minimum absolute atomic E-state index is 0.0674. The number of ketones is 1. The Kier molecular flexibility index (Phi) is 2.01. The Morgan fingerprint density at radius 3 is 2.90 bits per heavy atom. The Labute approximate surface area is 58.1 Å². The summed E-state index contributed by atoms with van der Waals surface area (Å²) >= 11 is 0. The van der Waals surface area contributed by atoms with E-state index in [9.17, 15) is 9.59 Å². The molecule has 1 saturated heterocycles. The molecule has 1 rings (SSSR count). The molecule has 0 N–H and O–H groups in total. The first-order chi connectivity index (χ1) is 4.70. The molecular formula is C6H8O4. The molecule has 0 aromatic rings. The lowest BCUT2D eigenvalue weighted by Crippen LogP contribution is -2.24. The molecule has 1 fully saturated rings. The van der Waals surface area contributed by atoms with E-state index >= 15 is 0 Å². The third-order valence-corrected chi connectivity index (χ3v) is 1.18. The van der Waals surface area contributed by atoms with E-state index in [4.69, 9.17) is 4.74 Å². The van der Waals surface area contributed by atoms with Crippen LogP contribution in [0, 0.1) is 0 Å². The van der Waals surface area contributed by atoms with Crippen LogP contribution in [0.5, 0.6) is 0 Å². The molecule has 0 saturated carbocycles. The molecule has 0 radical (unpaired) electrons. The van der Waals surface area contributed by atoms with Gasteiger partial charge in [-0.15, -0.1) is 0 Å². The van der Waals surface area contributed by atoms with Crippen molar-refractivity contribution in [3.63, 3.8) is 0 Å². The van der Waals surface area contributed by atoms with Gasteiger partial charge in [-0.05, 0) is 0 Å². The monoisotopic (exact) mass is 144 g/mol. The highest BCUT2D eigenvalue weighted by Gasteiger charge is 2.27. The summed E-state index contributed by atoms with van der Waals surface area (Å²) in [6.45, 7) is 1.54. The summed E-state index contributed by atoms with van der Waals surface area (Å²) in [6.07, 6.45) is -0.655. The second-order valence-corrected chi connectivity index (χ2v) is 2.08. The van der Waals surface area contributed by atoms with E-state index in [1.807, 2.05) is 0 Å². The Morgan fingerprint density at radius 1 is 1.80 bits per heavy atom. The summed E-state index contributed by atoms with van der Waals surface area (Å²) in [5.74, 6) is -0.598. The fourth-order valence-electron chi connectivity index (χ4n) is 0.753. The van der Waals surface area contributed by atoms with Gasteiger partial charge < -0.3 is 9.47 Å². The van der Waals surface area contributed by atoms with Gasteiger partial charge in [-0.2, -0.15) is 0 Å². The standard InChI is InChI=1S/C6H8O4/c1-4(7)10-6-3-9-2-5(6)8/h6H,2-3H2,1H3/t6-/m0/s1. The van der Waals surface area contributed by atoms with Gasteiger partial charge in [0.25, 0.3) is 0 Å². The number of ether oxygens (including phenoxy) is 2. The SMILES string of the molecule is CC(=O)O[C@H]1COCC1=O. The Bertz CT molecular complexity index is 163. The summed E-state index contributed by atoms with van der Waals surface area (Å²) in [6, 6.07) is 0. The van der Waals surface area contributed by atoms with Crippen LogP contribution < -0.4 is 0 Å². The van der Waals surface area contributed by atoms with Crippen molar-refractivity contribution >= 4 is 11.8 Å². The van der Waals surface area contributed by atoms with E-state index in [0.29, 0.717) is 0 Å². The maximum absolute atomic E-state index is 10.7. The van der Waals surface area contributed by atoms with Crippen molar-refractivity contribution < 1.29 is 19.1 Å². The fraction of sp³-hybridized carbons (Fsp3) is 0.667. The molecule has 0 unspecified atom stereocenters. The van der Waals surface area contributed by atoms with Crippen LogP contribution in [0.4, 0.5) is 0 Å². The van der Waals surface area contributed by atoms with Crippen molar-refractivity contribution in [2.75, 3.05) is 13.2 Å². The quantitative estimate of drug-likeness (QED) is 0.466. The number of rotatable bonds is 1. The molecule has 0 aliphatic carbocycles. The molecule has 0 amide bonds. The number of Topliss-reactive ketones (excluding diaryl/α,β-unsaturated/α-hetero) is 1. The zero-order chi connectivity index (χ0) is 7.56. The second kappa shape index (κ2) is 2.79. The third-order valence-electron chi connectivity index (χ3n) is 1.18. The Hall–Kier alpha value is -0.900. The highest BCUT2D eigenvalue weighted by Crippen LogP contribution is 2.03. The van der Waals surface area contributed by atoms with Gasteiger partial charge in [0.05, 0.1) is 6.61 Å². The van der Waals surface area contributed by atoms with Crippen LogP contribution in [0.2, 0.25) is 0 Å². The lowest BCUT2D eigenvalue weighted by molar-refractivity contribution is -0.150. The molecule has 1 atom stereocenters. The molecular weight excluding hydrogens is 136 g/mol. The van der Waals surface area contributed by atoms with Crippen LogP contribution in [0.1, 0.15) is 6.92 Å². The molecule has 4 heteroatoms. The maximum Gasteiger partial charge on any atom is 0.303 e. The summed E-state index contributed by atoms with van der Waals surface area (Å²) in [4.78, 5) is 21.0. The fourth-order valence-corrected chi connectivity index (χ4v) is 0.753. The molecule has 1 aliphatic heterocycles. The van der Waals surface area contributed by atoms with E-state index in [2.05, 4.69) is 4.74 Å². The van der Waals surface area contributed by atoms with E-state index in [-0.39, 0.29) is 19.0 Å².